The number of para-hydroxylation sites is 1. The van der Waals surface area contributed by atoms with E-state index in [0.29, 0.717) is 29.6 Å². The largest absolute Gasteiger partial charge is 0.493 e. The second kappa shape index (κ2) is 7.38. The fourth-order valence-electron chi connectivity index (χ4n) is 1.44. The van der Waals surface area contributed by atoms with Crippen molar-refractivity contribution in [3.63, 3.8) is 0 Å². The number of carbonyl (C=O) groups is 1. The number of ether oxygens (including phenoxy) is 1. The lowest BCUT2D eigenvalue weighted by molar-refractivity contribution is 0.101. The normalized spacial score (nSPS) is 10.6. The summed E-state index contributed by atoms with van der Waals surface area (Å²) in [6.07, 6.45) is 0. The Bertz CT molecular complexity index is 361. The maximum atomic E-state index is 12.0. The zero-order chi connectivity index (χ0) is 12.7. The number of hydrogen-bond donors (Lipinski definition) is 0. The molecule has 3 heteroatoms. The van der Waals surface area contributed by atoms with Gasteiger partial charge in [0.05, 0.1) is 17.9 Å². The molecular weight excluding hydrogens is 232 g/mol. The van der Waals surface area contributed by atoms with Crippen molar-refractivity contribution < 1.29 is 9.53 Å². The summed E-state index contributed by atoms with van der Waals surface area (Å²) in [4.78, 5) is 12.0. The molecule has 0 N–H and O–H groups in total. The Hall–Kier alpha value is -0.960. The van der Waals surface area contributed by atoms with Crippen LogP contribution in [0.3, 0.4) is 0 Å². The summed E-state index contributed by atoms with van der Waals surface area (Å²) in [5.74, 6) is 3.02. The molecule has 0 aliphatic heterocycles. The van der Waals surface area contributed by atoms with Crippen molar-refractivity contribution in [2.75, 3.05) is 18.1 Å². The van der Waals surface area contributed by atoms with Crippen molar-refractivity contribution in [2.45, 2.75) is 20.8 Å². The van der Waals surface area contributed by atoms with Crippen LogP contribution >= 0.6 is 11.8 Å². The van der Waals surface area contributed by atoms with E-state index in [9.17, 15) is 4.79 Å². The first kappa shape index (κ1) is 14.1. The Morgan fingerprint density at radius 3 is 2.71 bits per heavy atom. The third-order valence-corrected chi connectivity index (χ3v) is 3.54. The van der Waals surface area contributed by atoms with Crippen LogP contribution in [0.1, 0.15) is 31.1 Å². The van der Waals surface area contributed by atoms with Gasteiger partial charge in [-0.1, -0.05) is 26.0 Å². The Morgan fingerprint density at radius 1 is 1.35 bits per heavy atom. The molecule has 0 atom stereocenters. The van der Waals surface area contributed by atoms with Gasteiger partial charge in [-0.25, -0.2) is 0 Å². The minimum Gasteiger partial charge on any atom is -0.493 e. The van der Waals surface area contributed by atoms with Crippen molar-refractivity contribution >= 4 is 17.5 Å². The number of hydrogen-bond acceptors (Lipinski definition) is 3. The van der Waals surface area contributed by atoms with Gasteiger partial charge in [0.1, 0.15) is 5.75 Å². The molecule has 17 heavy (non-hydrogen) atoms. The van der Waals surface area contributed by atoms with Crippen LogP contribution in [-0.2, 0) is 0 Å². The summed E-state index contributed by atoms with van der Waals surface area (Å²) in [5, 5.41) is 0. The molecule has 2 nitrogen and oxygen atoms in total. The van der Waals surface area contributed by atoms with Gasteiger partial charge in [-0.3, -0.25) is 4.79 Å². The van der Waals surface area contributed by atoms with E-state index in [2.05, 4.69) is 13.8 Å². The van der Waals surface area contributed by atoms with E-state index in [1.165, 1.54) is 0 Å². The molecule has 0 radical (unpaired) electrons. The van der Waals surface area contributed by atoms with E-state index in [1.54, 1.807) is 11.8 Å². The molecule has 0 spiro atoms. The molecule has 1 aromatic carbocycles. The quantitative estimate of drug-likeness (QED) is 0.693. The molecule has 0 unspecified atom stereocenters. The third-order valence-electron chi connectivity index (χ3n) is 2.17. The van der Waals surface area contributed by atoms with Gasteiger partial charge in [0.15, 0.2) is 5.78 Å². The van der Waals surface area contributed by atoms with E-state index in [1.807, 2.05) is 31.2 Å². The minimum atomic E-state index is 0.153. The Kier molecular flexibility index (Phi) is 6.12. The van der Waals surface area contributed by atoms with Crippen LogP contribution in [0.25, 0.3) is 0 Å². The summed E-state index contributed by atoms with van der Waals surface area (Å²) >= 11 is 1.69. The smallest absolute Gasteiger partial charge is 0.176 e. The van der Waals surface area contributed by atoms with E-state index in [-0.39, 0.29) is 5.78 Å². The molecule has 0 amide bonds. The van der Waals surface area contributed by atoms with Gasteiger partial charge in [-0.05, 0) is 30.7 Å². The van der Waals surface area contributed by atoms with Gasteiger partial charge in [-0.2, -0.15) is 11.8 Å². The zero-order valence-electron chi connectivity index (χ0n) is 10.7. The molecule has 1 rings (SSSR count). The van der Waals surface area contributed by atoms with Crippen molar-refractivity contribution in [3.8, 4) is 5.75 Å². The molecule has 94 valence electrons. The molecule has 0 aliphatic rings. The van der Waals surface area contributed by atoms with Crippen LogP contribution < -0.4 is 4.74 Å². The van der Waals surface area contributed by atoms with Gasteiger partial charge in [-0.15, -0.1) is 0 Å². The second-order valence-electron chi connectivity index (χ2n) is 4.26. The van der Waals surface area contributed by atoms with Gasteiger partial charge in [0, 0.05) is 0 Å². The molecule has 0 fully saturated rings. The minimum absolute atomic E-state index is 0.153. The van der Waals surface area contributed by atoms with Crippen LogP contribution in [-0.4, -0.2) is 23.9 Å². The number of ketones is 1. The SMILES string of the molecule is CCOc1ccccc1C(=O)CSCC(C)C. The molecule has 1 aromatic rings. The topological polar surface area (TPSA) is 26.3 Å². The molecule has 0 aliphatic carbocycles. The first-order valence-electron chi connectivity index (χ1n) is 5.98. The summed E-state index contributed by atoms with van der Waals surface area (Å²) < 4.78 is 5.46. The fourth-order valence-corrected chi connectivity index (χ4v) is 2.37. The summed E-state index contributed by atoms with van der Waals surface area (Å²) in [5.41, 5.74) is 0.700. The van der Waals surface area contributed by atoms with Gasteiger partial charge < -0.3 is 4.74 Å². The van der Waals surface area contributed by atoms with Crippen LogP contribution in [0.4, 0.5) is 0 Å². The average molecular weight is 252 g/mol. The van der Waals surface area contributed by atoms with E-state index < -0.39 is 0 Å². The number of thioether (sulfide) groups is 1. The maximum Gasteiger partial charge on any atom is 0.176 e. The summed E-state index contributed by atoms with van der Waals surface area (Å²) in [6, 6.07) is 7.46. The lowest BCUT2D eigenvalue weighted by Gasteiger charge is -2.09. The van der Waals surface area contributed by atoms with E-state index in [4.69, 9.17) is 4.74 Å². The third kappa shape index (κ3) is 4.82. The van der Waals surface area contributed by atoms with Crippen molar-refractivity contribution in [1.29, 1.82) is 0 Å². The lowest BCUT2D eigenvalue weighted by atomic mass is 10.1. The molecule has 0 bridgehead atoms. The maximum absolute atomic E-state index is 12.0. The van der Waals surface area contributed by atoms with Gasteiger partial charge in [0.2, 0.25) is 0 Å². The number of benzene rings is 1. The molecule has 0 saturated carbocycles. The van der Waals surface area contributed by atoms with Gasteiger partial charge in [0.25, 0.3) is 0 Å². The predicted octanol–water partition coefficient (Wildman–Crippen LogP) is 3.66. The van der Waals surface area contributed by atoms with E-state index >= 15 is 0 Å². The molecule has 0 aromatic heterocycles. The van der Waals surface area contributed by atoms with Crippen LogP contribution in [0.15, 0.2) is 24.3 Å². The molecular formula is C14H20O2S. The van der Waals surface area contributed by atoms with Crippen LogP contribution in [0, 0.1) is 5.92 Å². The Morgan fingerprint density at radius 2 is 2.06 bits per heavy atom. The summed E-state index contributed by atoms with van der Waals surface area (Å²) in [6.45, 7) is 6.83. The average Bonchev–Trinajstić information content (AvgIpc) is 2.29. The second-order valence-corrected chi connectivity index (χ2v) is 5.29. The monoisotopic (exact) mass is 252 g/mol. The fraction of sp³-hybridized carbons (Fsp3) is 0.500. The first-order valence-corrected chi connectivity index (χ1v) is 7.13. The van der Waals surface area contributed by atoms with Crippen molar-refractivity contribution in [2.24, 2.45) is 5.92 Å². The molecule has 0 saturated heterocycles. The Labute approximate surface area is 108 Å². The standard InChI is InChI=1S/C14H20O2S/c1-4-16-14-8-6-5-7-12(14)13(15)10-17-9-11(2)3/h5-8,11H,4,9-10H2,1-3H3. The van der Waals surface area contributed by atoms with Crippen LogP contribution in [0.2, 0.25) is 0 Å². The zero-order valence-corrected chi connectivity index (χ0v) is 11.5. The highest BCUT2D eigenvalue weighted by molar-refractivity contribution is 7.99. The Balaban J connectivity index is 2.61. The number of carbonyl (C=O) groups excluding carboxylic acids is 1. The summed E-state index contributed by atoms with van der Waals surface area (Å²) in [7, 11) is 0. The predicted molar refractivity (Wildman–Crippen MR) is 74.1 cm³/mol. The molecule has 0 heterocycles. The van der Waals surface area contributed by atoms with Gasteiger partial charge >= 0.3 is 0 Å². The van der Waals surface area contributed by atoms with Crippen LogP contribution in [0.5, 0.6) is 5.75 Å². The van der Waals surface area contributed by atoms with E-state index in [0.717, 1.165) is 5.75 Å². The van der Waals surface area contributed by atoms with Crippen molar-refractivity contribution in [1.82, 2.24) is 0 Å². The highest BCUT2D eigenvalue weighted by Gasteiger charge is 2.11. The highest BCUT2D eigenvalue weighted by Crippen LogP contribution is 2.20. The number of Topliss-reactive ketones (excluding diaryl/α,β-unsaturated/α-hetero) is 1. The highest BCUT2D eigenvalue weighted by atomic mass is 32.2. The van der Waals surface area contributed by atoms with Crippen molar-refractivity contribution in [3.05, 3.63) is 29.8 Å². The first-order chi connectivity index (χ1) is 8.15. The number of rotatable bonds is 7. The lowest BCUT2D eigenvalue weighted by Crippen LogP contribution is -2.07.